The van der Waals surface area contributed by atoms with Crippen molar-refractivity contribution in [2.24, 2.45) is 0 Å². The predicted molar refractivity (Wildman–Crippen MR) is 44.2 cm³/mol. The van der Waals surface area contributed by atoms with Crippen LogP contribution in [0, 0.1) is 5.82 Å². The van der Waals surface area contributed by atoms with E-state index < -0.39 is 12.2 Å². The second-order valence-electron chi connectivity index (χ2n) is 2.19. The first-order valence-corrected chi connectivity index (χ1v) is 3.49. The quantitative estimate of drug-likeness (QED) is 0.672. The lowest BCUT2D eigenvalue weighted by molar-refractivity contribution is -0.109. The molecule has 1 N–H and O–H groups in total. The van der Waals surface area contributed by atoms with Gasteiger partial charge in [0.1, 0.15) is 5.82 Å². The molecular formula is C9H10FNO. The molecule has 0 fully saturated rings. The number of hydrogen-bond donors (Lipinski definition) is 1. The van der Waals surface area contributed by atoms with Crippen molar-refractivity contribution in [3.05, 3.63) is 35.6 Å². The fourth-order valence-corrected chi connectivity index (χ4v) is 0.793. The second-order valence-corrected chi connectivity index (χ2v) is 2.19. The van der Waals surface area contributed by atoms with Crippen LogP contribution in [0.1, 0.15) is 8.30 Å². The third-order valence-corrected chi connectivity index (χ3v) is 1.30. The van der Waals surface area contributed by atoms with E-state index >= 15 is 0 Å². The van der Waals surface area contributed by atoms with Crippen molar-refractivity contribution in [1.82, 2.24) is 5.32 Å². The average Bonchev–Trinajstić information content (AvgIpc) is 2.15. The zero-order valence-corrected chi connectivity index (χ0v) is 6.38. The number of halogens is 1. The third-order valence-electron chi connectivity index (χ3n) is 1.30. The molecule has 0 saturated heterocycles. The minimum absolute atomic E-state index is 0.167. The number of nitrogens with one attached hydrogen (secondary N) is 1. The molecule has 3 heteroatoms. The third kappa shape index (κ3) is 2.70. The lowest BCUT2D eigenvalue weighted by Gasteiger charge is -1.99. The van der Waals surface area contributed by atoms with Gasteiger partial charge in [-0.1, -0.05) is 12.1 Å². The van der Waals surface area contributed by atoms with Crippen LogP contribution in [0.4, 0.5) is 4.39 Å². The summed E-state index contributed by atoms with van der Waals surface area (Å²) in [5.74, 6) is -0.488. The summed E-state index contributed by atoms with van der Waals surface area (Å²) in [7, 11) is 0. The van der Waals surface area contributed by atoms with Gasteiger partial charge >= 0.3 is 0 Å². The van der Waals surface area contributed by atoms with Crippen LogP contribution in [0.5, 0.6) is 0 Å². The van der Waals surface area contributed by atoms with Crippen LogP contribution in [0.25, 0.3) is 0 Å². The molecule has 0 bridgehead atoms. The molecule has 0 aliphatic carbocycles. The van der Waals surface area contributed by atoms with Crippen molar-refractivity contribution in [3.63, 3.8) is 0 Å². The van der Waals surface area contributed by atoms with Gasteiger partial charge in [0.15, 0.2) is 0 Å². The Labute approximate surface area is 73.2 Å². The van der Waals surface area contributed by atoms with Gasteiger partial charge in [-0.15, -0.1) is 0 Å². The Morgan fingerprint density at radius 1 is 1.67 bits per heavy atom. The molecule has 0 aromatic heterocycles. The van der Waals surface area contributed by atoms with Crippen molar-refractivity contribution in [1.29, 1.82) is 0 Å². The Bertz CT molecular complexity index is 330. The van der Waals surface area contributed by atoms with Gasteiger partial charge in [-0.25, -0.2) is 4.39 Å². The molecule has 12 heavy (non-hydrogen) atoms. The van der Waals surface area contributed by atoms with Crippen LogP contribution in [0.3, 0.4) is 0 Å². The first-order chi connectivity index (χ1) is 6.56. The van der Waals surface area contributed by atoms with E-state index in [0.717, 1.165) is 6.07 Å². The van der Waals surface area contributed by atoms with E-state index in [4.69, 9.17) is 2.74 Å². The molecule has 1 amide bonds. The van der Waals surface area contributed by atoms with Crippen molar-refractivity contribution in [3.8, 4) is 0 Å². The number of rotatable bonds is 4. The normalized spacial score (nSPS) is 13.1. The van der Waals surface area contributed by atoms with E-state index in [0.29, 0.717) is 6.41 Å². The summed E-state index contributed by atoms with van der Waals surface area (Å²) in [4.78, 5) is 10.00. The summed E-state index contributed by atoms with van der Waals surface area (Å²) in [6, 6.07) is 5.28. The standard InChI is InChI=1S/C9H10FNO/c10-9-3-1-2-8(6-9)4-5-11-7-12/h1-3,6-7H,4-5H2,(H,11,12)/i4D2. The minimum atomic E-state index is -1.75. The maximum atomic E-state index is 12.8. The van der Waals surface area contributed by atoms with Gasteiger partial charge in [0.2, 0.25) is 6.41 Å². The van der Waals surface area contributed by atoms with Crippen molar-refractivity contribution in [2.75, 3.05) is 6.54 Å². The van der Waals surface area contributed by atoms with Gasteiger partial charge in [0.05, 0.1) is 0 Å². The maximum absolute atomic E-state index is 12.8. The van der Waals surface area contributed by atoms with E-state index in [1.165, 1.54) is 18.2 Å². The molecule has 0 unspecified atom stereocenters. The molecule has 0 spiro atoms. The Kier molecular flexibility index (Phi) is 2.31. The predicted octanol–water partition coefficient (Wildman–Crippen LogP) is 1.11. The van der Waals surface area contributed by atoms with Crippen molar-refractivity contribution >= 4 is 6.41 Å². The SMILES string of the molecule is [2H]C([2H])(CNC=O)c1cccc(F)c1. The van der Waals surface area contributed by atoms with Crippen molar-refractivity contribution < 1.29 is 11.9 Å². The highest BCUT2D eigenvalue weighted by Crippen LogP contribution is 2.03. The monoisotopic (exact) mass is 169 g/mol. The number of benzene rings is 1. The molecule has 2 nitrogen and oxygen atoms in total. The van der Waals surface area contributed by atoms with Crippen LogP contribution >= 0.6 is 0 Å². The first kappa shape index (κ1) is 6.17. The van der Waals surface area contributed by atoms with Crippen LogP contribution < -0.4 is 5.32 Å². The molecule has 0 aliphatic rings. The highest BCUT2D eigenvalue weighted by Gasteiger charge is 1.93. The fourth-order valence-electron chi connectivity index (χ4n) is 0.793. The minimum Gasteiger partial charge on any atom is -0.358 e. The Morgan fingerprint density at radius 2 is 2.50 bits per heavy atom. The highest BCUT2D eigenvalue weighted by atomic mass is 19.1. The van der Waals surface area contributed by atoms with Gasteiger partial charge in [0, 0.05) is 9.29 Å². The molecule has 64 valence electrons. The topological polar surface area (TPSA) is 29.1 Å². The van der Waals surface area contributed by atoms with E-state index in [2.05, 4.69) is 5.32 Å². The Morgan fingerprint density at radius 3 is 3.17 bits per heavy atom. The van der Waals surface area contributed by atoms with Crippen LogP contribution in [0.2, 0.25) is 0 Å². The van der Waals surface area contributed by atoms with E-state index in [1.54, 1.807) is 0 Å². The molecule has 0 atom stereocenters. The number of carbonyl (C=O) groups excluding carboxylic acids is 1. The van der Waals surface area contributed by atoms with E-state index in [-0.39, 0.29) is 12.1 Å². The summed E-state index contributed by atoms with van der Waals surface area (Å²) < 4.78 is 27.9. The molecule has 1 aromatic carbocycles. The molecule has 1 rings (SSSR count). The fraction of sp³-hybridized carbons (Fsp3) is 0.222. The lowest BCUT2D eigenvalue weighted by atomic mass is 10.1. The molecule has 1 aromatic rings. The molecule has 0 heterocycles. The first-order valence-electron chi connectivity index (χ1n) is 4.49. The summed E-state index contributed by atoms with van der Waals surface area (Å²) >= 11 is 0. The molecule has 0 aliphatic heterocycles. The summed E-state index contributed by atoms with van der Waals surface area (Å²) in [5, 5.41) is 2.23. The van der Waals surface area contributed by atoms with Crippen LogP contribution in [-0.4, -0.2) is 13.0 Å². The van der Waals surface area contributed by atoms with Crippen LogP contribution in [-0.2, 0) is 11.2 Å². The van der Waals surface area contributed by atoms with E-state index in [1.807, 2.05) is 0 Å². The van der Waals surface area contributed by atoms with Gasteiger partial charge in [-0.05, 0) is 24.1 Å². The Hall–Kier alpha value is -1.38. The lowest BCUT2D eigenvalue weighted by Crippen LogP contribution is -2.14. The summed E-state index contributed by atoms with van der Waals surface area (Å²) in [6.45, 7) is -0.167. The van der Waals surface area contributed by atoms with E-state index in [9.17, 15) is 9.18 Å². The van der Waals surface area contributed by atoms with Gasteiger partial charge < -0.3 is 5.32 Å². The van der Waals surface area contributed by atoms with Gasteiger partial charge in [0.25, 0.3) is 0 Å². The number of amides is 1. The van der Waals surface area contributed by atoms with Crippen LogP contribution in [0.15, 0.2) is 24.3 Å². The molecule has 0 radical (unpaired) electrons. The smallest absolute Gasteiger partial charge is 0.207 e. The summed E-state index contributed by atoms with van der Waals surface area (Å²) in [5.41, 5.74) is 0.215. The number of hydrogen-bond acceptors (Lipinski definition) is 1. The van der Waals surface area contributed by atoms with Gasteiger partial charge in [-0.2, -0.15) is 0 Å². The zero-order valence-electron chi connectivity index (χ0n) is 8.38. The van der Waals surface area contributed by atoms with Gasteiger partial charge in [-0.3, -0.25) is 4.79 Å². The zero-order chi connectivity index (χ0) is 10.6. The highest BCUT2D eigenvalue weighted by molar-refractivity contribution is 5.45. The molecular weight excluding hydrogens is 157 g/mol. The van der Waals surface area contributed by atoms with Crippen molar-refractivity contribution in [2.45, 2.75) is 6.37 Å². The largest absolute Gasteiger partial charge is 0.358 e. The maximum Gasteiger partial charge on any atom is 0.207 e. The number of carbonyl (C=O) groups is 1. The summed E-state index contributed by atoms with van der Waals surface area (Å²) in [6.07, 6.45) is -1.33. The Balaban J connectivity index is 2.85. The molecule has 0 saturated carbocycles. The second kappa shape index (κ2) is 4.49. The average molecular weight is 169 g/mol.